The number of aliphatic hydroxyl groups excluding tert-OH is 1. The quantitative estimate of drug-likeness (QED) is 0.148. The van der Waals surface area contributed by atoms with Crippen LogP contribution in [0.4, 0.5) is 5.95 Å². The van der Waals surface area contributed by atoms with Crippen LogP contribution in [0.2, 0.25) is 0 Å². The number of aromatic nitrogens is 4. The largest absolute Gasteiger partial charge is 0.490 e. The van der Waals surface area contributed by atoms with E-state index in [2.05, 4.69) is 34.0 Å². The van der Waals surface area contributed by atoms with Crippen molar-refractivity contribution in [3.8, 4) is 11.3 Å². The molecule has 1 fully saturated rings. The molecule has 2 aromatic rings. The number of aliphatic hydroxyl groups is 1. The highest BCUT2D eigenvalue weighted by atomic mass is 35.5. The van der Waals surface area contributed by atoms with Crippen molar-refractivity contribution >= 4 is 52.2 Å². The summed E-state index contributed by atoms with van der Waals surface area (Å²) in [4.78, 5) is 47.8. The number of halogens is 1. The Hall–Kier alpha value is -1.51. The van der Waals surface area contributed by atoms with Gasteiger partial charge in [0, 0.05) is 5.38 Å². The van der Waals surface area contributed by atoms with Crippen LogP contribution in [0.25, 0.3) is 11.2 Å². The van der Waals surface area contributed by atoms with Crippen LogP contribution in [0.5, 0.6) is 0 Å². The zero-order chi connectivity index (χ0) is 25.5. The maximum absolute atomic E-state index is 12.0. The Morgan fingerprint density at radius 1 is 1.21 bits per heavy atom. The maximum Gasteiger partial charge on any atom is 0.490 e. The molecule has 34 heavy (non-hydrogen) atoms. The first-order chi connectivity index (χ1) is 15.6. The van der Waals surface area contributed by atoms with E-state index >= 15 is 0 Å². The van der Waals surface area contributed by atoms with Crippen molar-refractivity contribution in [2.45, 2.75) is 24.0 Å². The number of nitrogen functional groups attached to an aromatic ring is 1. The molecule has 0 amide bonds. The lowest BCUT2D eigenvalue weighted by Crippen LogP contribution is -2.53. The summed E-state index contributed by atoms with van der Waals surface area (Å²) in [6.45, 7) is -0.992. The Bertz CT molecular complexity index is 1290. The highest BCUT2D eigenvalue weighted by molar-refractivity contribution is 7.66. The average Bonchev–Trinajstić information content (AvgIpc) is 3.17. The molecule has 22 heteroatoms. The van der Waals surface area contributed by atoms with Gasteiger partial charge in [0.2, 0.25) is 5.95 Å². The summed E-state index contributed by atoms with van der Waals surface area (Å²) in [7, 11) is -16.8. The van der Waals surface area contributed by atoms with E-state index < -0.39 is 54.0 Å². The zero-order valence-electron chi connectivity index (χ0n) is 16.4. The van der Waals surface area contributed by atoms with E-state index in [-0.39, 0.29) is 17.1 Å². The summed E-state index contributed by atoms with van der Waals surface area (Å²) in [5, 5.41) is 12.7. The summed E-state index contributed by atoms with van der Waals surface area (Å²) in [6.07, 6.45) is -2.10. The van der Waals surface area contributed by atoms with Gasteiger partial charge in [-0.15, -0.1) is 0 Å². The van der Waals surface area contributed by atoms with E-state index in [1.54, 1.807) is 0 Å². The number of anilines is 1. The summed E-state index contributed by atoms with van der Waals surface area (Å²) in [6, 6.07) is 0. The zero-order valence-corrected chi connectivity index (χ0v) is 19.8. The molecule has 18 nitrogen and oxygen atoms in total. The Kier molecular flexibility index (Phi) is 7.57. The van der Waals surface area contributed by atoms with E-state index in [0.717, 1.165) is 0 Å². The first kappa shape index (κ1) is 27.1. The topological polar surface area (TPSA) is 285 Å². The molecule has 0 spiro atoms. The lowest BCUT2D eigenvalue weighted by Gasteiger charge is -2.27. The predicted molar refractivity (Wildman–Crippen MR) is 110 cm³/mol. The van der Waals surface area contributed by atoms with Crippen LogP contribution >= 0.6 is 35.1 Å². The van der Waals surface area contributed by atoms with Crippen molar-refractivity contribution in [3.05, 3.63) is 12.5 Å². The van der Waals surface area contributed by atoms with Crippen LogP contribution in [0, 0.1) is 11.3 Å². The fourth-order valence-electron chi connectivity index (χ4n) is 2.93. The van der Waals surface area contributed by atoms with Crippen molar-refractivity contribution in [2.75, 3.05) is 12.3 Å². The molecule has 9 N–H and O–H groups in total. The number of phosphoric ester groups is 1. The van der Waals surface area contributed by atoms with Crippen molar-refractivity contribution in [1.29, 1.82) is 0 Å². The molecule has 3 rings (SSSR count). The minimum atomic E-state index is -5.74. The molecular formula is C12H16ClN6O12P3. The third-order valence-electron chi connectivity index (χ3n) is 4.22. The van der Waals surface area contributed by atoms with Gasteiger partial charge < -0.3 is 40.9 Å². The number of ether oxygens (including phenoxy) is 1. The van der Waals surface area contributed by atoms with Crippen LogP contribution in [0.1, 0.15) is 6.23 Å². The molecule has 1 saturated heterocycles. The number of nitrogens with two attached hydrogens (primary N) is 2. The van der Waals surface area contributed by atoms with Gasteiger partial charge in [-0.25, -0.2) is 23.7 Å². The van der Waals surface area contributed by atoms with Crippen molar-refractivity contribution in [2.24, 2.45) is 5.73 Å². The molecule has 2 aromatic heterocycles. The maximum atomic E-state index is 12.0. The Morgan fingerprint density at radius 3 is 2.50 bits per heavy atom. The SMILES string of the molecule is Nc1ncc2ncn([C@@H]3OC(COP(=O)(O)OP(=O)(O)OP(=O)(O)O)[C@H](O)[C@]3(N)C#CCl)c2n1. The second kappa shape index (κ2) is 9.51. The number of rotatable bonds is 8. The fourth-order valence-corrected chi connectivity index (χ4v) is 6.13. The van der Waals surface area contributed by atoms with Gasteiger partial charge in [-0.2, -0.15) is 13.6 Å². The van der Waals surface area contributed by atoms with Gasteiger partial charge in [0.25, 0.3) is 0 Å². The predicted octanol–water partition coefficient (Wildman–Crippen LogP) is -1.09. The third kappa shape index (κ3) is 6.00. The van der Waals surface area contributed by atoms with Crippen molar-refractivity contribution < 1.29 is 56.3 Å². The fraction of sp³-hybridized carbons (Fsp3) is 0.417. The monoisotopic (exact) mass is 564 g/mol. The summed E-state index contributed by atoms with van der Waals surface area (Å²) >= 11 is 5.48. The number of hydrogen-bond donors (Lipinski definition) is 7. The number of fused-ring (bicyclic) bond motifs is 1. The van der Waals surface area contributed by atoms with Gasteiger partial charge >= 0.3 is 23.5 Å². The van der Waals surface area contributed by atoms with Crippen LogP contribution in [-0.4, -0.2) is 68.6 Å². The average molecular weight is 565 g/mol. The summed E-state index contributed by atoms with van der Waals surface area (Å²) < 4.78 is 52.7. The Labute approximate surface area is 194 Å². The van der Waals surface area contributed by atoms with Crippen LogP contribution in [-0.2, 0) is 31.6 Å². The molecule has 1 aliphatic heterocycles. The van der Waals surface area contributed by atoms with E-state index in [0.29, 0.717) is 0 Å². The second-order valence-electron chi connectivity index (χ2n) is 6.60. The first-order valence-corrected chi connectivity index (χ1v) is 13.5. The number of nitrogens with zero attached hydrogens (tertiary/aromatic N) is 4. The summed E-state index contributed by atoms with van der Waals surface area (Å²) in [5.41, 5.74) is 10.2. The van der Waals surface area contributed by atoms with Crippen LogP contribution in [0.3, 0.4) is 0 Å². The molecule has 0 aliphatic carbocycles. The minimum Gasteiger partial charge on any atom is -0.387 e. The van der Waals surface area contributed by atoms with Gasteiger partial charge in [0.1, 0.15) is 17.7 Å². The summed E-state index contributed by atoms with van der Waals surface area (Å²) in [5.74, 6) is 2.24. The standard InChI is InChI=1S/C12H16ClN6O12P3/c13-2-1-12(15)8(20)7(4-28-33(24,25)31-34(26,27)30-32(21,22)23)29-10(12)19-5-17-6-3-16-11(14)18-9(6)19/h3,5,7-8,10,20H,4,15H2,(H,24,25)(H,26,27)(H2,14,16,18)(H2,21,22,23)/t7?,8-,10+,12+/m0/s1. The lowest BCUT2D eigenvalue weighted by molar-refractivity contribution is -0.0438. The van der Waals surface area contributed by atoms with Gasteiger partial charge in [-0.05, 0) is 11.6 Å². The number of imidazole rings is 1. The lowest BCUT2D eigenvalue weighted by atomic mass is 9.92. The van der Waals surface area contributed by atoms with Gasteiger partial charge in [-0.3, -0.25) is 9.09 Å². The minimum absolute atomic E-state index is 0.122. The van der Waals surface area contributed by atoms with Crippen molar-refractivity contribution in [3.63, 3.8) is 0 Å². The van der Waals surface area contributed by atoms with Gasteiger partial charge in [0.15, 0.2) is 17.4 Å². The van der Waals surface area contributed by atoms with Crippen LogP contribution in [0.15, 0.2) is 12.5 Å². The molecule has 6 atom stereocenters. The van der Waals surface area contributed by atoms with Crippen LogP contribution < -0.4 is 11.5 Å². The van der Waals surface area contributed by atoms with Crippen molar-refractivity contribution in [1.82, 2.24) is 19.5 Å². The van der Waals surface area contributed by atoms with E-state index in [1.165, 1.54) is 17.1 Å². The normalized spacial score (nSPS) is 28.7. The molecule has 0 radical (unpaired) electrons. The highest BCUT2D eigenvalue weighted by Gasteiger charge is 2.55. The van der Waals surface area contributed by atoms with E-state index in [9.17, 15) is 28.6 Å². The molecular weight excluding hydrogens is 549 g/mol. The molecule has 0 bridgehead atoms. The second-order valence-corrected chi connectivity index (χ2v) is 11.2. The third-order valence-corrected chi connectivity index (χ3v) is 8.12. The first-order valence-electron chi connectivity index (χ1n) is 8.55. The molecule has 188 valence electrons. The smallest absolute Gasteiger partial charge is 0.387 e. The molecule has 0 saturated carbocycles. The van der Waals surface area contributed by atoms with E-state index in [4.69, 9.17) is 37.6 Å². The Morgan fingerprint density at radius 2 is 1.88 bits per heavy atom. The van der Waals surface area contributed by atoms with Gasteiger partial charge in [0.05, 0.1) is 19.1 Å². The highest BCUT2D eigenvalue weighted by Crippen LogP contribution is 2.66. The molecule has 0 aromatic carbocycles. The van der Waals surface area contributed by atoms with Gasteiger partial charge in [-0.1, -0.05) is 5.92 Å². The Balaban J connectivity index is 1.83. The molecule has 3 unspecified atom stereocenters. The van der Waals surface area contributed by atoms with E-state index in [1.807, 2.05) is 5.38 Å². The molecule has 1 aliphatic rings. The number of phosphoric acid groups is 3. The molecule has 3 heterocycles. The number of hydrogen-bond acceptors (Lipinski definition) is 13.